The first-order chi connectivity index (χ1) is 11.2. The molecule has 4 atom stereocenters. The zero-order chi connectivity index (χ0) is 17.5. The van der Waals surface area contributed by atoms with Crippen LogP contribution in [0, 0.1) is 5.92 Å². The van der Waals surface area contributed by atoms with Crippen molar-refractivity contribution in [2.75, 3.05) is 6.54 Å². The largest absolute Gasteiger partial charge is 0.424 e. The average Bonchev–Trinajstić information content (AvgIpc) is 3.21. The van der Waals surface area contributed by atoms with E-state index in [9.17, 15) is 23.1 Å². The maximum atomic E-state index is 13.4. The number of fused-ring (bicyclic) bond motifs is 2. The van der Waals surface area contributed by atoms with Crippen LogP contribution in [0.15, 0.2) is 12.4 Å². The number of hydrogen-bond acceptors (Lipinski definition) is 4. The van der Waals surface area contributed by atoms with Gasteiger partial charge in [-0.3, -0.25) is 4.79 Å². The van der Waals surface area contributed by atoms with Crippen molar-refractivity contribution >= 4 is 5.91 Å². The molecule has 0 spiro atoms. The molecule has 0 radical (unpaired) electrons. The molecule has 3 heterocycles. The molecule has 1 aromatic rings. The average molecular weight is 347 g/mol. The minimum Gasteiger partial charge on any atom is -0.374 e. The van der Waals surface area contributed by atoms with E-state index in [4.69, 9.17) is 4.74 Å². The maximum absolute atomic E-state index is 13.4. The van der Waals surface area contributed by atoms with Crippen LogP contribution in [0.3, 0.4) is 0 Å². The second kappa shape index (κ2) is 6.03. The van der Waals surface area contributed by atoms with Gasteiger partial charge in [-0.1, -0.05) is 0 Å². The SMILES string of the molecule is Cn1ccnc1C(O)(CCNC(=O)C1CC2CCC1O2)C(F)(F)F. The third-order valence-corrected chi connectivity index (χ3v) is 4.89. The molecule has 6 nitrogen and oxygen atoms in total. The van der Waals surface area contributed by atoms with Crippen LogP contribution in [-0.2, 0) is 22.2 Å². The van der Waals surface area contributed by atoms with Crippen LogP contribution >= 0.6 is 0 Å². The summed E-state index contributed by atoms with van der Waals surface area (Å²) in [6.45, 7) is -0.296. The van der Waals surface area contributed by atoms with E-state index in [1.165, 1.54) is 19.4 Å². The molecule has 2 aliphatic rings. The number of ether oxygens (including phenoxy) is 1. The summed E-state index contributed by atoms with van der Waals surface area (Å²) >= 11 is 0. The Hall–Kier alpha value is -1.61. The predicted octanol–water partition coefficient (Wildman–Crippen LogP) is 1.24. The van der Waals surface area contributed by atoms with E-state index in [-0.39, 0.29) is 30.6 Å². The van der Waals surface area contributed by atoms with Gasteiger partial charge in [-0.15, -0.1) is 0 Å². The minimum absolute atomic E-state index is 0.0884. The molecule has 2 fully saturated rings. The Balaban J connectivity index is 1.62. The van der Waals surface area contributed by atoms with Crippen LogP contribution in [-0.4, -0.2) is 45.5 Å². The topological polar surface area (TPSA) is 76.4 Å². The number of alkyl halides is 3. The first kappa shape index (κ1) is 17.2. The van der Waals surface area contributed by atoms with Gasteiger partial charge in [-0.2, -0.15) is 13.2 Å². The van der Waals surface area contributed by atoms with Crippen LogP contribution in [0.1, 0.15) is 31.5 Å². The Labute approximate surface area is 137 Å². The Morgan fingerprint density at radius 1 is 1.50 bits per heavy atom. The number of carbonyl (C=O) groups is 1. The molecule has 0 saturated carbocycles. The van der Waals surface area contributed by atoms with Crippen molar-refractivity contribution in [2.24, 2.45) is 13.0 Å². The molecule has 2 aliphatic heterocycles. The molecule has 2 saturated heterocycles. The Kier molecular flexibility index (Phi) is 4.33. The van der Waals surface area contributed by atoms with Crippen molar-refractivity contribution in [3.05, 3.63) is 18.2 Å². The Morgan fingerprint density at radius 2 is 2.25 bits per heavy atom. The predicted molar refractivity (Wildman–Crippen MR) is 76.8 cm³/mol. The fourth-order valence-corrected chi connectivity index (χ4v) is 3.56. The van der Waals surface area contributed by atoms with E-state index in [2.05, 4.69) is 10.3 Å². The summed E-state index contributed by atoms with van der Waals surface area (Å²) in [6.07, 6.45) is -0.768. The van der Waals surface area contributed by atoms with Crippen LogP contribution in [0.4, 0.5) is 13.2 Å². The lowest BCUT2D eigenvalue weighted by molar-refractivity contribution is -0.272. The number of imidazole rings is 1. The fourth-order valence-electron chi connectivity index (χ4n) is 3.56. The summed E-state index contributed by atoms with van der Waals surface area (Å²) in [5, 5.41) is 12.7. The second-order valence-electron chi connectivity index (χ2n) is 6.48. The lowest BCUT2D eigenvalue weighted by Crippen LogP contribution is -2.47. The van der Waals surface area contributed by atoms with Crippen LogP contribution in [0.5, 0.6) is 0 Å². The minimum atomic E-state index is -4.90. The van der Waals surface area contributed by atoms with Gasteiger partial charge in [0.2, 0.25) is 11.5 Å². The molecule has 0 aromatic carbocycles. The van der Waals surface area contributed by atoms with Gasteiger partial charge in [0.05, 0.1) is 18.1 Å². The molecule has 9 heteroatoms. The number of aliphatic hydroxyl groups is 1. The van der Waals surface area contributed by atoms with Crippen molar-refractivity contribution in [2.45, 2.75) is 49.7 Å². The second-order valence-corrected chi connectivity index (χ2v) is 6.48. The molecule has 1 aromatic heterocycles. The smallest absolute Gasteiger partial charge is 0.374 e. The molecule has 4 unspecified atom stereocenters. The standard InChI is InChI=1S/C15H20F3N3O3/c1-21-7-6-20-13(21)14(23,15(16,17)18)4-5-19-12(22)10-8-9-2-3-11(10)24-9/h6-7,9-11,23H,2-5,8H2,1H3,(H,19,22). The highest BCUT2D eigenvalue weighted by atomic mass is 19.4. The van der Waals surface area contributed by atoms with Crippen LogP contribution in [0.2, 0.25) is 0 Å². The van der Waals surface area contributed by atoms with Crippen LogP contribution in [0.25, 0.3) is 0 Å². The highest BCUT2D eigenvalue weighted by Gasteiger charge is 2.57. The summed E-state index contributed by atoms with van der Waals surface area (Å²) in [7, 11) is 1.38. The quantitative estimate of drug-likeness (QED) is 0.840. The monoisotopic (exact) mass is 347 g/mol. The number of halogens is 3. The number of hydrogen-bond donors (Lipinski definition) is 2. The zero-order valence-corrected chi connectivity index (χ0v) is 13.2. The van der Waals surface area contributed by atoms with E-state index in [0.29, 0.717) is 6.42 Å². The highest BCUT2D eigenvalue weighted by molar-refractivity contribution is 5.79. The first-order valence-corrected chi connectivity index (χ1v) is 7.92. The van der Waals surface area contributed by atoms with Crippen molar-refractivity contribution < 1.29 is 27.8 Å². The molecule has 24 heavy (non-hydrogen) atoms. The normalized spacial score (nSPS) is 28.8. The number of amides is 1. The van der Waals surface area contributed by atoms with Gasteiger partial charge in [-0.25, -0.2) is 4.98 Å². The van der Waals surface area contributed by atoms with Gasteiger partial charge >= 0.3 is 6.18 Å². The summed E-state index contributed by atoms with van der Waals surface area (Å²) in [4.78, 5) is 15.8. The number of nitrogens with one attached hydrogen (secondary N) is 1. The summed E-state index contributed by atoms with van der Waals surface area (Å²) < 4.78 is 46.8. The van der Waals surface area contributed by atoms with Gasteiger partial charge < -0.3 is 19.7 Å². The van der Waals surface area contributed by atoms with Gasteiger partial charge in [-0.05, 0) is 19.3 Å². The lowest BCUT2D eigenvalue weighted by Gasteiger charge is -2.30. The number of nitrogens with zero attached hydrogens (tertiary/aromatic N) is 2. The van der Waals surface area contributed by atoms with Crippen LogP contribution < -0.4 is 5.32 Å². The summed E-state index contributed by atoms with van der Waals surface area (Å²) in [5.74, 6) is -1.12. The Bertz CT molecular complexity index is 619. The lowest BCUT2D eigenvalue weighted by atomic mass is 9.88. The maximum Gasteiger partial charge on any atom is 0.424 e. The van der Waals surface area contributed by atoms with E-state index < -0.39 is 24.0 Å². The van der Waals surface area contributed by atoms with E-state index >= 15 is 0 Å². The number of carbonyl (C=O) groups excluding carboxylic acids is 1. The van der Waals surface area contributed by atoms with Gasteiger partial charge in [0.15, 0.2) is 0 Å². The highest BCUT2D eigenvalue weighted by Crippen LogP contribution is 2.41. The van der Waals surface area contributed by atoms with Crippen molar-refractivity contribution in [3.8, 4) is 0 Å². The first-order valence-electron chi connectivity index (χ1n) is 7.92. The van der Waals surface area contributed by atoms with Crippen molar-refractivity contribution in [1.29, 1.82) is 0 Å². The molecule has 2 N–H and O–H groups in total. The van der Waals surface area contributed by atoms with E-state index in [0.717, 1.165) is 17.4 Å². The number of aryl methyl sites for hydroxylation is 1. The van der Waals surface area contributed by atoms with Crippen molar-refractivity contribution in [1.82, 2.24) is 14.9 Å². The van der Waals surface area contributed by atoms with Gasteiger partial charge in [0.1, 0.15) is 5.82 Å². The van der Waals surface area contributed by atoms with Gasteiger partial charge in [0, 0.05) is 32.4 Å². The molecular formula is C15H20F3N3O3. The fraction of sp³-hybridized carbons (Fsp3) is 0.733. The van der Waals surface area contributed by atoms with E-state index in [1.807, 2.05) is 0 Å². The Morgan fingerprint density at radius 3 is 2.75 bits per heavy atom. The molecule has 134 valence electrons. The third kappa shape index (κ3) is 2.90. The molecule has 2 bridgehead atoms. The molecule has 1 amide bonds. The number of aromatic nitrogens is 2. The molecular weight excluding hydrogens is 327 g/mol. The molecule has 3 rings (SSSR count). The number of rotatable bonds is 5. The van der Waals surface area contributed by atoms with Gasteiger partial charge in [0.25, 0.3) is 0 Å². The van der Waals surface area contributed by atoms with E-state index in [1.54, 1.807) is 0 Å². The summed E-state index contributed by atoms with van der Waals surface area (Å²) in [6, 6.07) is 0. The molecule has 0 aliphatic carbocycles. The zero-order valence-electron chi connectivity index (χ0n) is 13.2. The van der Waals surface area contributed by atoms with Crippen molar-refractivity contribution in [3.63, 3.8) is 0 Å². The summed E-state index contributed by atoms with van der Waals surface area (Å²) in [5.41, 5.74) is -3.11. The third-order valence-electron chi connectivity index (χ3n) is 4.89.